The van der Waals surface area contributed by atoms with Gasteiger partial charge >= 0.3 is 11.5 Å². The van der Waals surface area contributed by atoms with Gasteiger partial charge in [0.1, 0.15) is 0 Å². The summed E-state index contributed by atoms with van der Waals surface area (Å²) in [5.74, 6) is -2.20. The fraction of sp³-hybridized carbons (Fsp3) is 0.833. The van der Waals surface area contributed by atoms with Gasteiger partial charge in [0.15, 0.2) is 0 Å². The zero-order valence-electron chi connectivity index (χ0n) is 6.55. The average Bonchev–Trinajstić information content (AvgIpc) is 1.82. The van der Waals surface area contributed by atoms with E-state index < -0.39 is 22.6 Å². The molecule has 2 nitrogen and oxygen atoms in total. The largest absolute Gasteiger partial charge is 0.481 e. The van der Waals surface area contributed by atoms with Crippen LogP contribution < -0.4 is 0 Å². The standard InChI is InChI=1S/C6H9F3O2S/c1-3(5(10)11)4(2)12-6(7,8)9/h3-4H,1-2H3,(H,10,11). The van der Waals surface area contributed by atoms with E-state index in [0.717, 1.165) is 0 Å². The molecule has 0 saturated heterocycles. The van der Waals surface area contributed by atoms with E-state index in [2.05, 4.69) is 0 Å². The van der Waals surface area contributed by atoms with Gasteiger partial charge in [0.05, 0.1) is 5.92 Å². The highest BCUT2D eigenvalue weighted by Gasteiger charge is 2.34. The van der Waals surface area contributed by atoms with Crippen LogP contribution >= 0.6 is 11.8 Å². The lowest BCUT2D eigenvalue weighted by molar-refractivity contribution is -0.141. The van der Waals surface area contributed by atoms with Crippen molar-refractivity contribution in [3.8, 4) is 0 Å². The summed E-state index contributed by atoms with van der Waals surface area (Å²) < 4.78 is 35.1. The predicted octanol–water partition coefficient (Wildman–Crippen LogP) is 2.35. The molecule has 6 heteroatoms. The van der Waals surface area contributed by atoms with E-state index in [1.54, 1.807) is 0 Å². The Morgan fingerprint density at radius 1 is 1.42 bits per heavy atom. The molecule has 2 atom stereocenters. The molecule has 0 aliphatic carbocycles. The zero-order chi connectivity index (χ0) is 9.94. The molecule has 0 amide bonds. The fourth-order valence-electron chi connectivity index (χ4n) is 0.514. The molecule has 0 saturated carbocycles. The van der Waals surface area contributed by atoms with Crippen molar-refractivity contribution in [2.45, 2.75) is 24.6 Å². The van der Waals surface area contributed by atoms with E-state index in [9.17, 15) is 18.0 Å². The third-order valence-corrected chi connectivity index (χ3v) is 2.46. The van der Waals surface area contributed by atoms with E-state index in [1.165, 1.54) is 13.8 Å². The summed E-state index contributed by atoms with van der Waals surface area (Å²) in [5.41, 5.74) is -4.36. The summed E-state index contributed by atoms with van der Waals surface area (Å²) in [6.45, 7) is 2.50. The van der Waals surface area contributed by atoms with Crippen molar-refractivity contribution in [3.63, 3.8) is 0 Å². The van der Waals surface area contributed by atoms with Gasteiger partial charge < -0.3 is 5.11 Å². The molecule has 0 radical (unpaired) electrons. The van der Waals surface area contributed by atoms with Crippen molar-refractivity contribution in [2.24, 2.45) is 5.92 Å². The third kappa shape index (κ3) is 4.48. The van der Waals surface area contributed by atoms with E-state index in [4.69, 9.17) is 5.11 Å². The Morgan fingerprint density at radius 2 is 1.83 bits per heavy atom. The lowest BCUT2D eigenvalue weighted by Crippen LogP contribution is -2.23. The van der Waals surface area contributed by atoms with Crippen LogP contribution in [0.1, 0.15) is 13.8 Å². The van der Waals surface area contributed by atoms with Crippen molar-refractivity contribution in [1.29, 1.82) is 0 Å². The predicted molar refractivity (Wildman–Crippen MR) is 39.9 cm³/mol. The van der Waals surface area contributed by atoms with Gasteiger partial charge in [-0.05, 0) is 11.8 Å². The van der Waals surface area contributed by atoms with E-state index in [0.29, 0.717) is 0 Å². The van der Waals surface area contributed by atoms with Crippen LogP contribution in [-0.2, 0) is 4.79 Å². The van der Waals surface area contributed by atoms with Gasteiger partial charge in [0.2, 0.25) is 0 Å². The Hall–Kier alpha value is -0.390. The number of alkyl halides is 3. The van der Waals surface area contributed by atoms with E-state index in [1.807, 2.05) is 0 Å². The Kier molecular flexibility index (Phi) is 3.89. The summed E-state index contributed by atoms with van der Waals surface area (Å²) >= 11 is -0.288. The first-order chi connectivity index (χ1) is 5.24. The monoisotopic (exact) mass is 202 g/mol. The van der Waals surface area contributed by atoms with Crippen LogP contribution in [-0.4, -0.2) is 21.8 Å². The Labute approximate surface area is 72.1 Å². The second kappa shape index (κ2) is 4.02. The summed E-state index contributed by atoms with van der Waals surface area (Å²) in [5, 5.41) is 7.41. The molecule has 0 aromatic rings. The van der Waals surface area contributed by atoms with Crippen LogP contribution in [0.5, 0.6) is 0 Å². The first kappa shape index (κ1) is 11.6. The minimum atomic E-state index is -4.36. The zero-order valence-corrected chi connectivity index (χ0v) is 7.37. The smallest absolute Gasteiger partial charge is 0.442 e. The molecule has 0 heterocycles. The van der Waals surface area contributed by atoms with Crippen LogP contribution in [0.25, 0.3) is 0 Å². The maximum absolute atomic E-state index is 11.7. The molecule has 0 fully saturated rings. The summed E-state index contributed by atoms with van der Waals surface area (Å²) in [4.78, 5) is 10.2. The van der Waals surface area contributed by atoms with Gasteiger partial charge in [-0.3, -0.25) is 4.79 Å². The van der Waals surface area contributed by atoms with Crippen LogP contribution in [0.15, 0.2) is 0 Å². The van der Waals surface area contributed by atoms with Gasteiger partial charge in [-0.2, -0.15) is 13.2 Å². The van der Waals surface area contributed by atoms with Crippen molar-refractivity contribution < 1.29 is 23.1 Å². The topological polar surface area (TPSA) is 37.3 Å². The van der Waals surface area contributed by atoms with E-state index in [-0.39, 0.29) is 11.8 Å². The lowest BCUT2D eigenvalue weighted by atomic mass is 10.1. The molecule has 0 aliphatic rings. The maximum atomic E-state index is 11.7. The number of carbonyl (C=O) groups is 1. The molecule has 0 rings (SSSR count). The summed E-state index contributed by atoms with van der Waals surface area (Å²) in [6.07, 6.45) is 0. The highest BCUT2D eigenvalue weighted by molar-refractivity contribution is 8.00. The van der Waals surface area contributed by atoms with Crippen molar-refractivity contribution >= 4 is 17.7 Å². The number of carboxylic acid groups (broad SMARTS) is 1. The van der Waals surface area contributed by atoms with Crippen LogP contribution in [0.3, 0.4) is 0 Å². The number of halogens is 3. The van der Waals surface area contributed by atoms with Gasteiger partial charge in [0, 0.05) is 5.25 Å². The number of hydrogen-bond donors (Lipinski definition) is 1. The molecule has 2 unspecified atom stereocenters. The molecule has 0 aliphatic heterocycles. The van der Waals surface area contributed by atoms with Gasteiger partial charge in [-0.1, -0.05) is 13.8 Å². The van der Waals surface area contributed by atoms with Crippen LogP contribution in [0, 0.1) is 5.92 Å². The van der Waals surface area contributed by atoms with E-state index >= 15 is 0 Å². The Balaban J connectivity index is 4.04. The van der Waals surface area contributed by atoms with Gasteiger partial charge in [-0.25, -0.2) is 0 Å². The van der Waals surface area contributed by atoms with Crippen LogP contribution in [0.4, 0.5) is 13.2 Å². The molecule has 12 heavy (non-hydrogen) atoms. The highest BCUT2D eigenvalue weighted by Crippen LogP contribution is 2.36. The summed E-state index contributed by atoms with van der Waals surface area (Å²) in [6, 6.07) is 0. The molecule has 0 bridgehead atoms. The maximum Gasteiger partial charge on any atom is 0.442 e. The first-order valence-corrected chi connectivity index (χ1v) is 4.09. The normalized spacial score (nSPS) is 17.1. The lowest BCUT2D eigenvalue weighted by Gasteiger charge is -2.16. The average molecular weight is 202 g/mol. The molecule has 72 valence electrons. The molecule has 0 aromatic carbocycles. The number of thioether (sulfide) groups is 1. The Morgan fingerprint density at radius 3 is 2.08 bits per heavy atom. The Bertz CT molecular complexity index is 169. The molecule has 0 spiro atoms. The second-order valence-corrected chi connectivity index (χ2v) is 3.84. The number of rotatable bonds is 3. The van der Waals surface area contributed by atoms with Crippen molar-refractivity contribution in [1.82, 2.24) is 0 Å². The second-order valence-electron chi connectivity index (χ2n) is 2.40. The molecule has 1 N–H and O–H groups in total. The number of aliphatic carboxylic acids is 1. The van der Waals surface area contributed by atoms with Crippen molar-refractivity contribution in [2.75, 3.05) is 0 Å². The highest BCUT2D eigenvalue weighted by atomic mass is 32.2. The number of hydrogen-bond acceptors (Lipinski definition) is 2. The minimum absolute atomic E-state index is 0.288. The van der Waals surface area contributed by atoms with Gasteiger partial charge in [0.25, 0.3) is 0 Å². The SMILES string of the molecule is CC(SC(F)(F)F)C(C)C(=O)O. The van der Waals surface area contributed by atoms with Crippen molar-refractivity contribution in [3.05, 3.63) is 0 Å². The van der Waals surface area contributed by atoms with Gasteiger partial charge in [-0.15, -0.1) is 0 Å². The fourth-order valence-corrected chi connectivity index (χ4v) is 1.26. The first-order valence-electron chi connectivity index (χ1n) is 3.21. The molecular weight excluding hydrogens is 193 g/mol. The third-order valence-electron chi connectivity index (χ3n) is 1.41. The molecule has 0 aromatic heterocycles. The minimum Gasteiger partial charge on any atom is -0.481 e. The quantitative estimate of drug-likeness (QED) is 0.763. The van der Waals surface area contributed by atoms with Crippen LogP contribution in [0.2, 0.25) is 0 Å². The molecular formula is C6H9F3O2S. The number of carboxylic acids is 1. The summed E-state index contributed by atoms with van der Waals surface area (Å²) in [7, 11) is 0.